The summed E-state index contributed by atoms with van der Waals surface area (Å²) in [4.78, 5) is 2.81. The predicted molar refractivity (Wildman–Crippen MR) is 83.4 cm³/mol. The Morgan fingerprint density at radius 2 is 1.63 bits per heavy atom. The Labute approximate surface area is 120 Å². The molecule has 112 valence electrons. The Hall–Kier alpha value is -0.0800. The van der Waals surface area contributed by atoms with Crippen LogP contribution in [0.2, 0.25) is 0 Å². The highest BCUT2D eigenvalue weighted by atomic mass is 15.2. The Morgan fingerprint density at radius 3 is 2.16 bits per heavy atom. The first-order chi connectivity index (χ1) is 9.10. The molecule has 2 fully saturated rings. The number of rotatable bonds is 4. The first-order valence-corrected chi connectivity index (χ1v) is 8.57. The molecule has 19 heavy (non-hydrogen) atoms. The van der Waals surface area contributed by atoms with Gasteiger partial charge in [0, 0.05) is 12.1 Å². The van der Waals surface area contributed by atoms with Crippen molar-refractivity contribution in [3.63, 3.8) is 0 Å². The van der Waals surface area contributed by atoms with Crippen molar-refractivity contribution >= 4 is 0 Å². The zero-order chi connectivity index (χ0) is 13.8. The van der Waals surface area contributed by atoms with Gasteiger partial charge in [0.2, 0.25) is 0 Å². The SMILES string of the molecule is CCNC(C)C1CCN(C2CC(C)CC(C)C2)CC1. The lowest BCUT2D eigenvalue weighted by molar-refractivity contribution is 0.0691. The van der Waals surface area contributed by atoms with Gasteiger partial charge in [-0.15, -0.1) is 0 Å². The molecule has 2 rings (SSSR count). The largest absolute Gasteiger partial charge is 0.314 e. The van der Waals surface area contributed by atoms with Gasteiger partial charge in [-0.25, -0.2) is 0 Å². The summed E-state index contributed by atoms with van der Waals surface area (Å²) in [6.45, 7) is 13.3. The van der Waals surface area contributed by atoms with Crippen LogP contribution < -0.4 is 5.32 Å². The molecule has 1 saturated heterocycles. The summed E-state index contributed by atoms with van der Waals surface area (Å²) in [6, 6.07) is 1.59. The zero-order valence-electron chi connectivity index (χ0n) is 13.5. The summed E-state index contributed by atoms with van der Waals surface area (Å²) >= 11 is 0. The second-order valence-corrected chi connectivity index (χ2v) is 7.29. The highest BCUT2D eigenvalue weighted by Crippen LogP contribution is 2.33. The molecule has 1 N–H and O–H groups in total. The minimum atomic E-state index is 0.705. The van der Waals surface area contributed by atoms with Crippen molar-refractivity contribution in [2.75, 3.05) is 19.6 Å². The lowest BCUT2D eigenvalue weighted by Gasteiger charge is -2.43. The van der Waals surface area contributed by atoms with Gasteiger partial charge in [-0.1, -0.05) is 20.8 Å². The van der Waals surface area contributed by atoms with Crippen LogP contribution in [0.25, 0.3) is 0 Å². The van der Waals surface area contributed by atoms with Crippen LogP contribution in [0.4, 0.5) is 0 Å². The van der Waals surface area contributed by atoms with Crippen LogP contribution in [0.5, 0.6) is 0 Å². The van der Waals surface area contributed by atoms with E-state index in [1.807, 2.05) is 0 Å². The van der Waals surface area contributed by atoms with Crippen molar-refractivity contribution in [3.05, 3.63) is 0 Å². The molecule has 3 unspecified atom stereocenters. The quantitative estimate of drug-likeness (QED) is 0.837. The van der Waals surface area contributed by atoms with Crippen molar-refractivity contribution in [2.45, 2.75) is 71.9 Å². The van der Waals surface area contributed by atoms with Crippen LogP contribution in [0.3, 0.4) is 0 Å². The zero-order valence-corrected chi connectivity index (χ0v) is 13.5. The Balaban J connectivity index is 1.79. The van der Waals surface area contributed by atoms with Gasteiger partial charge >= 0.3 is 0 Å². The van der Waals surface area contributed by atoms with Crippen LogP contribution >= 0.6 is 0 Å². The minimum Gasteiger partial charge on any atom is -0.314 e. The molecule has 0 aromatic heterocycles. The normalized spacial score (nSPS) is 36.3. The molecule has 0 aromatic rings. The highest BCUT2D eigenvalue weighted by Gasteiger charge is 2.31. The number of hydrogen-bond acceptors (Lipinski definition) is 2. The molecule has 2 heteroatoms. The number of piperidine rings is 1. The van der Waals surface area contributed by atoms with Gasteiger partial charge in [0.25, 0.3) is 0 Å². The Morgan fingerprint density at radius 1 is 1.05 bits per heavy atom. The molecular formula is C17H34N2. The molecule has 2 aliphatic rings. The molecule has 0 bridgehead atoms. The monoisotopic (exact) mass is 266 g/mol. The topological polar surface area (TPSA) is 15.3 Å². The fourth-order valence-corrected chi connectivity index (χ4v) is 4.48. The maximum absolute atomic E-state index is 3.61. The van der Waals surface area contributed by atoms with Gasteiger partial charge in [-0.2, -0.15) is 0 Å². The highest BCUT2D eigenvalue weighted by molar-refractivity contribution is 4.86. The summed E-state index contributed by atoms with van der Waals surface area (Å²) in [5.74, 6) is 2.77. The van der Waals surface area contributed by atoms with Gasteiger partial charge < -0.3 is 10.2 Å². The molecule has 1 aliphatic heterocycles. The van der Waals surface area contributed by atoms with E-state index < -0.39 is 0 Å². The number of likely N-dealkylation sites (tertiary alicyclic amines) is 1. The van der Waals surface area contributed by atoms with Crippen LogP contribution in [0.1, 0.15) is 59.8 Å². The van der Waals surface area contributed by atoms with Gasteiger partial charge in [0.1, 0.15) is 0 Å². The van der Waals surface area contributed by atoms with E-state index in [1.54, 1.807) is 0 Å². The standard InChI is InChI=1S/C17H34N2/c1-5-18-15(4)16-6-8-19(9-7-16)17-11-13(2)10-14(3)12-17/h13-18H,5-12H2,1-4H3. The molecule has 3 atom stereocenters. The van der Waals surface area contributed by atoms with Gasteiger partial charge in [0.15, 0.2) is 0 Å². The molecule has 1 saturated carbocycles. The van der Waals surface area contributed by atoms with E-state index in [0.29, 0.717) is 6.04 Å². The lowest BCUT2D eigenvalue weighted by Crippen LogP contribution is -2.47. The second kappa shape index (κ2) is 7.08. The molecule has 0 aromatic carbocycles. The van der Waals surface area contributed by atoms with Crippen LogP contribution in [-0.2, 0) is 0 Å². The van der Waals surface area contributed by atoms with Gasteiger partial charge in [-0.05, 0) is 76.4 Å². The fraction of sp³-hybridized carbons (Fsp3) is 1.00. The second-order valence-electron chi connectivity index (χ2n) is 7.29. The molecule has 0 spiro atoms. The molecule has 2 nitrogen and oxygen atoms in total. The molecular weight excluding hydrogens is 232 g/mol. The van der Waals surface area contributed by atoms with E-state index in [9.17, 15) is 0 Å². The van der Waals surface area contributed by atoms with E-state index in [-0.39, 0.29) is 0 Å². The average molecular weight is 266 g/mol. The smallest absolute Gasteiger partial charge is 0.0100 e. The minimum absolute atomic E-state index is 0.705. The van der Waals surface area contributed by atoms with Gasteiger partial charge in [0.05, 0.1) is 0 Å². The molecule has 1 aliphatic carbocycles. The number of nitrogens with zero attached hydrogens (tertiary/aromatic N) is 1. The van der Waals surface area contributed by atoms with Crippen LogP contribution in [0, 0.1) is 17.8 Å². The number of hydrogen-bond donors (Lipinski definition) is 1. The van der Waals surface area contributed by atoms with E-state index >= 15 is 0 Å². The van der Waals surface area contributed by atoms with E-state index in [0.717, 1.165) is 30.3 Å². The van der Waals surface area contributed by atoms with Crippen LogP contribution in [-0.4, -0.2) is 36.6 Å². The summed E-state index contributed by atoms with van der Waals surface area (Å²) in [6.07, 6.45) is 7.13. The Kier molecular flexibility index (Phi) is 5.70. The third-order valence-corrected chi connectivity index (χ3v) is 5.48. The van der Waals surface area contributed by atoms with Crippen LogP contribution in [0.15, 0.2) is 0 Å². The predicted octanol–water partition coefficient (Wildman–Crippen LogP) is 3.52. The first-order valence-electron chi connectivity index (χ1n) is 8.57. The van der Waals surface area contributed by atoms with Crippen molar-refractivity contribution in [1.29, 1.82) is 0 Å². The maximum Gasteiger partial charge on any atom is 0.0100 e. The number of nitrogens with one attached hydrogen (secondary N) is 1. The van der Waals surface area contributed by atoms with Crippen molar-refractivity contribution in [3.8, 4) is 0 Å². The summed E-state index contributed by atoms with van der Waals surface area (Å²) in [5.41, 5.74) is 0. The van der Waals surface area contributed by atoms with E-state index in [4.69, 9.17) is 0 Å². The third-order valence-electron chi connectivity index (χ3n) is 5.48. The Bertz CT molecular complexity index is 248. The third kappa shape index (κ3) is 4.19. The molecule has 1 heterocycles. The first kappa shape index (κ1) is 15.3. The summed E-state index contributed by atoms with van der Waals surface area (Å²) in [5, 5.41) is 3.61. The lowest BCUT2D eigenvalue weighted by atomic mass is 9.78. The van der Waals surface area contributed by atoms with E-state index in [2.05, 4.69) is 37.9 Å². The maximum atomic E-state index is 3.61. The van der Waals surface area contributed by atoms with Gasteiger partial charge in [-0.3, -0.25) is 0 Å². The van der Waals surface area contributed by atoms with Crippen molar-refractivity contribution in [2.24, 2.45) is 17.8 Å². The van der Waals surface area contributed by atoms with Crippen molar-refractivity contribution in [1.82, 2.24) is 10.2 Å². The van der Waals surface area contributed by atoms with E-state index in [1.165, 1.54) is 45.2 Å². The van der Waals surface area contributed by atoms with Crippen molar-refractivity contribution < 1.29 is 0 Å². The fourth-order valence-electron chi connectivity index (χ4n) is 4.48. The summed E-state index contributed by atoms with van der Waals surface area (Å²) in [7, 11) is 0. The molecule has 0 radical (unpaired) electrons. The molecule has 0 amide bonds. The summed E-state index contributed by atoms with van der Waals surface area (Å²) < 4.78 is 0. The average Bonchev–Trinajstić information content (AvgIpc) is 2.38.